The van der Waals surface area contributed by atoms with Crippen molar-refractivity contribution in [1.82, 2.24) is 9.47 Å². The van der Waals surface area contributed by atoms with Crippen LogP contribution in [0.3, 0.4) is 0 Å². The number of nitriles is 1. The van der Waals surface area contributed by atoms with E-state index in [9.17, 15) is 19.2 Å². The summed E-state index contributed by atoms with van der Waals surface area (Å²) in [5.74, 6) is 0.127. The maximum absolute atomic E-state index is 13.5. The third kappa shape index (κ3) is 5.78. The third-order valence-electron chi connectivity index (χ3n) is 7.40. The standard InChI is InChI=1S/C31H30FN5O2S2/c1-3-13-36-28(35-16-14-34(15-17-35)24-7-5-4-6-8-24)25(21(2)26(19-33)29(36)38)18-27-30(39)37(31(40)41-27)20-22-9-11-23(32)12-10-22/h4-12,18H,3,13-17,20H2,1-2H3/b27-18+. The van der Waals surface area contributed by atoms with Crippen molar-refractivity contribution in [1.29, 1.82) is 5.26 Å². The first-order valence-corrected chi connectivity index (χ1v) is 14.8. The number of piperazine rings is 1. The van der Waals surface area contributed by atoms with E-state index in [1.807, 2.05) is 25.1 Å². The predicted molar refractivity (Wildman–Crippen MR) is 166 cm³/mol. The zero-order chi connectivity index (χ0) is 29.1. The summed E-state index contributed by atoms with van der Waals surface area (Å²) in [5, 5.41) is 9.93. The molecule has 0 atom stereocenters. The molecule has 2 saturated heterocycles. The molecule has 2 aliphatic rings. The summed E-state index contributed by atoms with van der Waals surface area (Å²) in [6, 6.07) is 18.3. The lowest BCUT2D eigenvalue weighted by Gasteiger charge is -2.39. The Labute approximate surface area is 248 Å². The maximum atomic E-state index is 13.5. The average Bonchev–Trinajstić information content (AvgIpc) is 3.25. The van der Waals surface area contributed by atoms with Gasteiger partial charge in [-0.3, -0.25) is 19.1 Å². The van der Waals surface area contributed by atoms with Gasteiger partial charge >= 0.3 is 0 Å². The van der Waals surface area contributed by atoms with E-state index in [4.69, 9.17) is 12.2 Å². The Balaban J connectivity index is 1.53. The number of carbonyl (C=O) groups excluding carboxylic acids is 1. The molecule has 0 unspecified atom stereocenters. The molecular weight excluding hydrogens is 558 g/mol. The molecule has 3 heterocycles. The van der Waals surface area contributed by atoms with Crippen LogP contribution in [0.5, 0.6) is 0 Å². The number of hydrogen-bond donors (Lipinski definition) is 0. The van der Waals surface area contributed by atoms with Gasteiger partial charge in [0.25, 0.3) is 11.5 Å². The van der Waals surface area contributed by atoms with Crippen molar-refractivity contribution in [2.24, 2.45) is 0 Å². The largest absolute Gasteiger partial charge is 0.368 e. The second-order valence-corrected chi connectivity index (χ2v) is 11.7. The van der Waals surface area contributed by atoms with Gasteiger partial charge < -0.3 is 9.80 Å². The van der Waals surface area contributed by atoms with Gasteiger partial charge in [0.15, 0.2) is 0 Å². The van der Waals surface area contributed by atoms with Crippen LogP contribution in [0.4, 0.5) is 15.9 Å². The molecule has 0 aliphatic carbocycles. The Morgan fingerprint density at radius 2 is 1.68 bits per heavy atom. The fourth-order valence-corrected chi connectivity index (χ4v) is 6.51. The smallest absolute Gasteiger partial charge is 0.270 e. The summed E-state index contributed by atoms with van der Waals surface area (Å²) in [7, 11) is 0. The van der Waals surface area contributed by atoms with Gasteiger partial charge in [0, 0.05) is 44.0 Å². The van der Waals surface area contributed by atoms with Gasteiger partial charge in [-0.2, -0.15) is 5.26 Å². The van der Waals surface area contributed by atoms with Crippen LogP contribution in [0, 0.1) is 24.1 Å². The lowest BCUT2D eigenvalue weighted by Crippen LogP contribution is -2.48. The molecule has 2 aliphatic heterocycles. The van der Waals surface area contributed by atoms with Gasteiger partial charge in [0.05, 0.1) is 11.4 Å². The zero-order valence-corrected chi connectivity index (χ0v) is 24.6. The highest BCUT2D eigenvalue weighted by atomic mass is 32.2. The third-order valence-corrected chi connectivity index (χ3v) is 8.77. The van der Waals surface area contributed by atoms with Gasteiger partial charge in [-0.15, -0.1) is 0 Å². The molecule has 0 spiro atoms. The number of para-hydroxylation sites is 1. The van der Waals surface area contributed by atoms with Gasteiger partial charge in [-0.1, -0.05) is 61.2 Å². The quantitative estimate of drug-likeness (QED) is 0.274. The highest BCUT2D eigenvalue weighted by Crippen LogP contribution is 2.37. The van der Waals surface area contributed by atoms with E-state index in [0.29, 0.717) is 46.4 Å². The fraction of sp³-hybridized carbons (Fsp3) is 0.290. The number of thioether (sulfide) groups is 1. The number of rotatable bonds is 7. The first-order chi connectivity index (χ1) is 19.8. The molecule has 5 rings (SSSR count). The molecule has 10 heteroatoms. The summed E-state index contributed by atoms with van der Waals surface area (Å²) in [6.07, 6.45) is 2.49. The number of benzene rings is 2. The molecule has 2 fully saturated rings. The second-order valence-electron chi connectivity index (χ2n) is 10.0. The van der Waals surface area contributed by atoms with Crippen LogP contribution in [-0.4, -0.2) is 45.9 Å². The van der Waals surface area contributed by atoms with Crippen LogP contribution in [-0.2, 0) is 17.9 Å². The van der Waals surface area contributed by atoms with Crippen LogP contribution in [0.1, 0.15) is 35.6 Å². The number of halogens is 1. The van der Waals surface area contributed by atoms with Crippen molar-refractivity contribution in [2.75, 3.05) is 36.0 Å². The Hall–Kier alpha value is -3.94. The van der Waals surface area contributed by atoms with E-state index in [0.717, 1.165) is 30.2 Å². The van der Waals surface area contributed by atoms with Gasteiger partial charge in [-0.25, -0.2) is 4.39 Å². The topological polar surface area (TPSA) is 72.6 Å². The first-order valence-electron chi connectivity index (χ1n) is 13.5. The Kier molecular flexibility index (Phi) is 8.57. The number of hydrogen-bond acceptors (Lipinski definition) is 7. The summed E-state index contributed by atoms with van der Waals surface area (Å²) < 4.78 is 15.5. The number of carbonyl (C=O) groups is 1. The minimum atomic E-state index is -0.345. The normalized spacial score (nSPS) is 16.5. The monoisotopic (exact) mass is 587 g/mol. The molecule has 1 aromatic heterocycles. The van der Waals surface area contributed by atoms with E-state index in [-0.39, 0.29) is 29.4 Å². The molecular formula is C31H30FN5O2S2. The van der Waals surface area contributed by atoms with E-state index in [2.05, 4.69) is 28.0 Å². The van der Waals surface area contributed by atoms with Crippen molar-refractivity contribution in [3.05, 3.63) is 97.9 Å². The van der Waals surface area contributed by atoms with Crippen LogP contribution >= 0.6 is 24.0 Å². The minimum Gasteiger partial charge on any atom is -0.368 e. The molecule has 0 bridgehead atoms. The first kappa shape index (κ1) is 28.6. The molecule has 1 amide bonds. The Morgan fingerprint density at radius 1 is 1.02 bits per heavy atom. The fourth-order valence-electron chi connectivity index (χ4n) is 5.27. The lowest BCUT2D eigenvalue weighted by molar-refractivity contribution is -0.122. The molecule has 41 heavy (non-hydrogen) atoms. The molecule has 0 N–H and O–H groups in total. The number of aromatic nitrogens is 1. The molecule has 210 valence electrons. The molecule has 2 aromatic carbocycles. The number of amides is 1. The summed E-state index contributed by atoms with van der Waals surface area (Å²) in [5.41, 5.74) is 2.92. The Bertz CT molecular complexity index is 1600. The SMILES string of the molecule is CCCn1c(N2CCN(c3ccccc3)CC2)c(/C=C2/SC(=S)N(Cc3ccc(F)cc3)C2=O)c(C)c(C#N)c1=O. The van der Waals surface area contributed by atoms with Crippen LogP contribution in [0.2, 0.25) is 0 Å². The zero-order valence-electron chi connectivity index (χ0n) is 23.0. The number of nitrogens with zero attached hydrogens (tertiary/aromatic N) is 5. The van der Waals surface area contributed by atoms with E-state index < -0.39 is 0 Å². The lowest BCUT2D eigenvalue weighted by atomic mass is 10.0. The highest BCUT2D eigenvalue weighted by Gasteiger charge is 2.34. The maximum Gasteiger partial charge on any atom is 0.270 e. The molecule has 0 radical (unpaired) electrons. The number of anilines is 2. The van der Waals surface area contributed by atoms with Gasteiger partial charge in [0.1, 0.15) is 27.6 Å². The molecule has 3 aromatic rings. The summed E-state index contributed by atoms with van der Waals surface area (Å²) in [4.78, 5) is 33.5. The van der Waals surface area contributed by atoms with Crippen LogP contribution in [0.25, 0.3) is 6.08 Å². The van der Waals surface area contributed by atoms with E-state index in [1.165, 1.54) is 28.8 Å². The van der Waals surface area contributed by atoms with Gasteiger partial charge in [0.2, 0.25) is 0 Å². The van der Waals surface area contributed by atoms with Crippen molar-refractivity contribution in [3.8, 4) is 6.07 Å². The van der Waals surface area contributed by atoms with Crippen molar-refractivity contribution in [2.45, 2.75) is 33.4 Å². The van der Waals surface area contributed by atoms with E-state index in [1.54, 1.807) is 29.7 Å². The number of pyridine rings is 1. The second kappa shape index (κ2) is 12.3. The molecule has 0 saturated carbocycles. The number of thiocarbonyl (C=S) groups is 1. The minimum absolute atomic E-state index is 0.0816. The molecule has 7 nitrogen and oxygen atoms in total. The average molecular weight is 588 g/mol. The Morgan fingerprint density at radius 3 is 2.32 bits per heavy atom. The van der Waals surface area contributed by atoms with Crippen molar-refractivity contribution in [3.63, 3.8) is 0 Å². The summed E-state index contributed by atoms with van der Waals surface area (Å²) in [6.45, 7) is 7.33. The van der Waals surface area contributed by atoms with Gasteiger partial charge in [-0.05, 0) is 54.8 Å². The van der Waals surface area contributed by atoms with Crippen LogP contribution < -0.4 is 15.4 Å². The van der Waals surface area contributed by atoms with E-state index >= 15 is 0 Å². The summed E-state index contributed by atoms with van der Waals surface area (Å²) >= 11 is 6.75. The van der Waals surface area contributed by atoms with Crippen molar-refractivity contribution >= 4 is 51.8 Å². The highest BCUT2D eigenvalue weighted by molar-refractivity contribution is 8.26. The van der Waals surface area contributed by atoms with Crippen molar-refractivity contribution < 1.29 is 9.18 Å². The predicted octanol–water partition coefficient (Wildman–Crippen LogP) is 5.31. The van der Waals surface area contributed by atoms with Crippen LogP contribution in [0.15, 0.2) is 64.3 Å².